The molecule has 0 radical (unpaired) electrons. The third kappa shape index (κ3) is 3.44. The number of carboxylic acid groups (broad SMARTS) is 1. The molecule has 1 atom stereocenters. The molecule has 2 saturated heterocycles. The summed E-state index contributed by atoms with van der Waals surface area (Å²) in [4.78, 5) is 37.1. The fourth-order valence-corrected chi connectivity index (χ4v) is 4.47. The molecule has 3 heterocycles. The lowest BCUT2D eigenvalue weighted by molar-refractivity contribution is -0.148. The lowest BCUT2D eigenvalue weighted by atomic mass is 9.76. The first-order valence-corrected chi connectivity index (χ1v) is 9.72. The van der Waals surface area contributed by atoms with Gasteiger partial charge in [-0.3, -0.25) is 4.79 Å². The van der Waals surface area contributed by atoms with E-state index < -0.39 is 12.0 Å². The Bertz CT molecular complexity index is 756. The molecule has 0 aromatic carbocycles. The van der Waals surface area contributed by atoms with Crippen molar-refractivity contribution < 1.29 is 14.7 Å². The number of nitrogens with zero attached hydrogens (tertiary/aromatic N) is 4. The number of carboxylic acids is 1. The van der Waals surface area contributed by atoms with Crippen LogP contribution < -0.4 is 10.2 Å². The van der Waals surface area contributed by atoms with Crippen LogP contribution in [0.1, 0.15) is 37.8 Å². The second kappa shape index (κ2) is 6.65. The predicted octanol–water partition coefficient (Wildman–Crippen LogP) is 1.51. The standard InChI is InChI=1S/C19H27N5O3/c1-12-9-15(22-18(20-2)21-12)23-7-5-19(6-8-23)10-14(17(26)27)24(11-19)16(25)13-3-4-13/h9,13-14H,3-8,10-11H2,1-2H3,(H,26,27)(H,20,21,22)/t14-/m1/s1. The Labute approximate surface area is 159 Å². The third-order valence-corrected chi connectivity index (χ3v) is 6.22. The highest BCUT2D eigenvalue weighted by Gasteiger charge is 2.51. The maximum Gasteiger partial charge on any atom is 0.326 e. The van der Waals surface area contributed by atoms with E-state index in [4.69, 9.17) is 0 Å². The summed E-state index contributed by atoms with van der Waals surface area (Å²) in [5, 5.41) is 12.6. The number of carbonyl (C=O) groups excluding carboxylic acids is 1. The average molecular weight is 373 g/mol. The van der Waals surface area contributed by atoms with Crippen LogP contribution in [0, 0.1) is 18.3 Å². The molecule has 27 heavy (non-hydrogen) atoms. The first kappa shape index (κ1) is 18.0. The van der Waals surface area contributed by atoms with Gasteiger partial charge in [0.2, 0.25) is 11.9 Å². The van der Waals surface area contributed by atoms with E-state index in [1.165, 1.54) is 0 Å². The molecule has 2 aliphatic heterocycles. The van der Waals surface area contributed by atoms with Crippen LogP contribution >= 0.6 is 0 Å². The Balaban J connectivity index is 1.47. The summed E-state index contributed by atoms with van der Waals surface area (Å²) in [6.07, 6.45) is 4.14. The van der Waals surface area contributed by atoms with Crippen molar-refractivity contribution in [3.63, 3.8) is 0 Å². The van der Waals surface area contributed by atoms with E-state index >= 15 is 0 Å². The number of piperidine rings is 1. The number of amides is 1. The second-order valence-electron chi connectivity index (χ2n) is 8.23. The van der Waals surface area contributed by atoms with Gasteiger partial charge in [0.25, 0.3) is 0 Å². The summed E-state index contributed by atoms with van der Waals surface area (Å²) < 4.78 is 0. The number of anilines is 2. The van der Waals surface area contributed by atoms with Gasteiger partial charge in [-0.05, 0) is 44.4 Å². The van der Waals surface area contributed by atoms with Gasteiger partial charge in [0.15, 0.2) is 0 Å². The van der Waals surface area contributed by atoms with Crippen molar-refractivity contribution in [1.82, 2.24) is 14.9 Å². The number of hydrogen-bond acceptors (Lipinski definition) is 6. The second-order valence-corrected chi connectivity index (χ2v) is 8.23. The van der Waals surface area contributed by atoms with Crippen LogP contribution in [0.15, 0.2) is 6.07 Å². The van der Waals surface area contributed by atoms with Gasteiger partial charge in [0.1, 0.15) is 11.9 Å². The summed E-state index contributed by atoms with van der Waals surface area (Å²) in [6, 6.07) is 1.32. The van der Waals surface area contributed by atoms with Gasteiger partial charge in [-0.25, -0.2) is 9.78 Å². The van der Waals surface area contributed by atoms with Crippen molar-refractivity contribution in [2.45, 2.75) is 45.1 Å². The first-order chi connectivity index (χ1) is 12.9. The molecule has 1 aliphatic carbocycles. The van der Waals surface area contributed by atoms with Crippen molar-refractivity contribution in [3.05, 3.63) is 11.8 Å². The van der Waals surface area contributed by atoms with Crippen LogP contribution in [0.25, 0.3) is 0 Å². The fourth-order valence-electron chi connectivity index (χ4n) is 4.47. The SMILES string of the molecule is CNc1nc(C)cc(N2CCC3(CC2)C[C@H](C(=O)O)N(C(=O)C2CC2)C3)n1. The molecule has 8 heteroatoms. The molecule has 0 bridgehead atoms. The zero-order valence-corrected chi connectivity index (χ0v) is 15.9. The maximum absolute atomic E-state index is 12.6. The number of aryl methyl sites for hydroxylation is 1. The van der Waals surface area contributed by atoms with Gasteiger partial charge < -0.3 is 20.2 Å². The van der Waals surface area contributed by atoms with Crippen LogP contribution in [0.2, 0.25) is 0 Å². The Morgan fingerprint density at radius 2 is 1.96 bits per heavy atom. The van der Waals surface area contributed by atoms with Gasteiger partial charge in [-0.1, -0.05) is 0 Å². The normalized spacial score (nSPS) is 24.3. The van der Waals surface area contributed by atoms with Gasteiger partial charge in [-0.15, -0.1) is 0 Å². The molecule has 3 aliphatic rings. The number of rotatable bonds is 4. The molecule has 146 valence electrons. The summed E-state index contributed by atoms with van der Waals surface area (Å²) >= 11 is 0. The van der Waals surface area contributed by atoms with Crippen LogP contribution in [0.4, 0.5) is 11.8 Å². The molecule has 1 aromatic heterocycles. The van der Waals surface area contributed by atoms with Crippen molar-refractivity contribution in [1.29, 1.82) is 0 Å². The summed E-state index contributed by atoms with van der Waals surface area (Å²) in [7, 11) is 1.81. The monoisotopic (exact) mass is 373 g/mol. The van der Waals surface area contributed by atoms with Gasteiger partial charge in [0.05, 0.1) is 0 Å². The van der Waals surface area contributed by atoms with Crippen LogP contribution in [-0.2, 0) is 9.59 Å². The molecule has 4 rings (SSSR count). The molecule has 1 aromatic rings. The third-order valence-electron chi connectivity index (χ3n) is 6.22. The minimum Gasteiger partial charge on any atom is -0.480 e. The lowest BCUT2D eigenvalue weighted by Crippen LogP contribution is -2.43. The molecule has 1 amide bonds. The Kier molecular flexibility index (Phi) is 4.44. The minimum absolute atomic E-state index is 0.0480. The highest BCUT2D eigenvalue weighted by Crippen LogP contribution is 2.46. The quantitative estimate of drug-likeness (QED) is 0.825. The molecule has 1 saturated carbocycles. The number of carbonyl (C=O) groups is 2. The summed E-state index contributed by atoms with van der Waals surface area (Å²) in [5.74, 6) is 0.755. The van der Waals surface area contributed by atoms with E-state index in [-0.39, 0.29) is 17.2 Å². The topological polar surface area (TPSA) is 98.7 Å². The summed E-state index contributed by atoms with van der Waals surface area (Å²) in [5.41, 5.74) is 0.829. The summed E-state index contributed by atoms with van der Waals surface area (Å²) in [6.45, 7) is 4.17. The smallest absolute Gasteiger partial charge is 0.326 e. The predicted molar refractivity (Wildman–Crippen MR) is 101 cm³/mol. The van der Waals surface area contributed by atoms with Crippen LogP contribution in [0.5, 0.6) is 0 Å². The molecular formula is C19H27N5O3. The van der Waals surface area contributed by atoms with E-state index in [1.807, 2.05) is 13.0 Å². The van der Waals surface area contributed by atoms with Crippen LogP contribution in [0.3, 0.4) is 0 Å². The fraction of sp³-hybridized carbons (Fsp3) is 0.684. The molecule has 2 N–H and O–H groups in total. The largest absolute Gasteiger partial charge is 0.480 e. The van der Waals surface area contributed by atoms with Gasteiger partial charge in [-0.2, -0.15) is 4.98 Å². The van der Waals surface area contributed by atoms with Crippen LogP contribution in [-0.4, -0.2) is 64.6 Å². The average Bonchev–Trinajstić information content (AvgIpc) is 3.43. The highest BCUT2D eigenvalue weighted by atomic mass is 16.4. The Morgan fingerprint density at radius 1 is 1.26 bits per heavy atom. The molecular weight excluding hydrogens is 346 g/mol. The Hall–Kier alpha value is -2.38. The molecule has 1 spiro atoms. The number of aliphatic carboxylic acids is 1. The lowest BCUT2D eigenvalue weighted by Gasteiger charge is -2.39. The highest BCUT2D eigenvalue weighted by molar-refractivity contribution is 5.87. The Morgan fingerprint density at radius 3 is 2.56 bits per heavy atom. The first-order valence-electron chi connectivity index (χ1n) is 9.72. The number of hydrogen-bond donors (Lipinski definition) is 2. The number of likely N-dealkylation sites (tertiary alicyclic amines) is 1. The maximum atomic E-state index is 12.6. The van der Waals surface area contributed by atoms with E-state index in [0.717, 1.165) is 50.3 Å². The van der Waals surface area contributed by atoms with Gasteiger partial charge >= 0.3 is 5.97 Å². The van der Waals surface area contributed by atoms with E-state index in [2.05, 4.69) is 20.2 Å². The van der Waals surface area contributed by atoms with Crippen molar-refractivity contribution >= 4 is 23.6 Å². The van der Waals surface area contributed by atoms with Gasteiger partial charge in [0, 0.05) is 44.4 Å². The number of nitrogens with one attached hydrogen (secondary N) is 1. The molecule has 8 nitrogen and oxygen atoms in total. The van der Waals surface area contributed by atoms with Crippen molar-refractivity contribution in [3.8, 4) is 0 Å². The van der Waals surface area contributed by atoms with Crippen molar-refractivity contribution in [2.75, 3.05) is 36.9 Å². The number of aromatic nitrogens is 2. The minimum atomic E-state index is -0.867. The van der Waals surface area contributed by atoms with Crippen molar-refractivity contribution in [2.24, 2.45) is 11.3 Å². The van der Waals surface area contributed by atoms with E-state index in [1.54, 1.807) is 11.9 Å². The zero-order chi connectivity index (χ0) is 19.2. The molecule has 3 fully saturated rings. The van der Waals surface area contributed by atoms with E-state index in [9.17, 15) is 14.7 Å². The zero-order valence-electron chi connectivity index (χ0n) is 15.9. The van der Waals surface area contributed by atoms with E-state index in [0.29, 0.717) is 18.9 Å². The molecule has 0 unspecified atom stereocenters.